The van der Waals surface area contributed by atoms with Gasteiger partial charge in [-0.3, -0.25) is 0 Å². The topological polar surface area (TPSA) is 0 Å². The second-order valence-electron chi connectivity index (χ2n) is 2.84. The van der Waals surface area contributed by atoms with Crippen LogP contribution in [-0.2, 0) is 0 Å². The summed E-state index contributed by atoms with van der Waals surface area (Å²) in [5.41, 5.74) is 3.06. The molecule has 0 saturated heterocycles. The van der Waals surface area contributed by atoms with Gasteiger partial charge in [0, 0.05) is 0 Å². The third-order valence-corrected chi connectivity index (χ3v) is 1.80. The van der Waals surface area contributed by atoms with Gasteiger partial charge in [-0.25, -0.2) is 0 Å². The smallest absolute Gasteiger partial charge is 0.0139 e. The molecule has 0 aliphatic heterocycles. The van der Waals surface area contributed by atoms with Crippen LogP contribution in [0.2, 0.25) is 0 Å². The molecular weight excluding hydrogens is 132 g/mol. The molecule has 0 heterocycles. The Balaban J connectivity index is 0.000000461. The maximum Gasteiger partial charge on any atom is -0.0139 e. The van der Waals surface area contributed by atoms with Crippen LogP contribution >= 0.6 is 0 Å². The maximum absolute atomic E-state index is 2.34. The van der Waals surface area contributed by atoms with Gasteiger partial charge in [-0.05, 0) is 33.1 Å². The highest BCUT2D eigenvalue weighted by Crippen LogP contribution is 2.15. The Morgan fingerprint density at radius 1 is 1.00 bits per heavy atom. The van der Waals surface area contributed by atoms with Gasteiger partial charge in [0.1, 0.15) is 0 Å². The summed E-state index contributed by atoms with van der Waals surface area (Å²) in [6.07, 6.45) is 8.35. The summed E-state index contributed by atoms with van der Waals surface area (Å²) < 4.78 is 0. The van der Waals surface area contributed by atoms with E-state index < -0.39 is 0 Å². The van der Waals surface area contributed by atoms with E-state index in [1.54, 1.807) is 5.57 Å². The minimum atomic E-state index is 1.17. The predicted molar refractivity (Wildman–Crippen MR) is 52.7 cm³/mol. The summed E-state index contributed by atoms with van der Waals surface area (Å²) in [7, 11) is 0. The van der Waals surface area contributed by atoms with Crippen LogP contribution in [0.5, 0.6) is 0 Å². The molecule has 0 N–H and O–H groups in total. The van der Waals surface area contributed by atoms with Crippen molar-refractivity contribution in [3.63, 3.8) is 0 Å². The predicted octanol–water partition coefficient (Wildman–Crippen LogP) is 4.09. The van der Waals surface area contributed by atoms with Crippen molar-refractivity contribution in [3.05, 3.63) is 23.3 Å². The van der Waals surface area contributed by atoms with E-state index in [1.165, 1.54) is 24.8 Å². The van der Waals surface area contributed by atoms with E-state index in [4.69, 9.17) is 0 Å². The lowest BCUT2D eigenvalue weighted by Gasteiger charge is -1.90. The fraction of sp³-hybridized carbons (Fsp3) is 0.636. The first-order valence-corrected chi connectivity index (χ1v) is 4.60. The Morgan fingerprint density at radius 2 is 1.64 bits per heavy atom. The average Bonchev–Trinajstić information content (AvgIpc) is 2.20. The van der Waals surface area contributed by atoms with Crippen molar-refractivity contribution in [1.29, 1.82) is 0 Å². The van der Waals surface area contributed by atoms with Gasteiger partial charge in [0.25, 0.3) is 0 Å². The molecule has 1 aliphatic carbocycles. The first-order chi connectivity index (χ1) is 5.29. The SMILES string of the molecule is CC.CC1=CCCC(C)=CC1. The van der Waals surface area contributed by atoms with E-state index in [9.17, 15) is 0 Å². The Bertz CT molecular complexity index is 149. The quantitative estimate of drug-likeness (QED) is 0.459. The molecule has 0 atom stereocenters. The molecule has 0 saturated carbocycles. The van der Waals surface area contributed by atoms with Crippen LogP contribution in [0.3, 0.4) is 0 Å². The number of allylic oxidation sites excluding steroid dienone is 4. The van der Waals surface area contributed by atoms with Crippen molar-refractivity contribution in [2.75, 3.05) is 0 Å². The molecule has 64 valence electrons. The lowest BCUT2D eigenvalue weighted by molar-refractivity contribution is 0.982. The van der Waals surface area contributed by atoms with Gasteiger partial charge in [0.15, 0.2) is 0 Å². The van der Waals surface area contributed by atoms with Gasteiger partial charge in [0.05, 0.1) is 0 Å². The van der Waals surface area contributed by atoms with Crippen LogP contribution in [0.1, 0.15) is 47.0 Å². The van der Waals surface area contributed by atoms with Crippen molar-refractivity contribution in [2.24, 2.45) is 0 Å². The molecule has 0 amide bonds. The largest absolute Gasteiger partial charge is 0.0850 e. The fourth-order valence-electron chi connectivity index (χ4n) is 1.07. The molecule has 0 aromatic heterocycles. The van der Waals surface area contributed by atoms with Crippen LogP contribution in [0.4, 0.5) is 0 Å². The second-order valence-corrected chi connectivity index (χ2v) is 2.84. The van der Waals surface area contributed by atoms with E-state index >= 15 is 0 Å². The van der Waals surface area contributed by atoms with Crippen LogP contribution in [0.25, 0.3) is 0 Å². The minimum absolute atomic E-state index is 1.17. The first-order valence-electron chi connectivity index (χ1n) is 4.60. The third-order valence-electron chi connectivity index (χ3n) is 1.80. The summed E-state index contributed by atoms with van der Waals surface area (Å²) in [4.78, 5) is 0. The Labute approximate surface area is 71.0 Å². The van der Waals surface area contributed by atoms with Crippen molar-refractivity contribution >= 4 is 0 Å². The Morgan fingerprint density at radius 3 is 2.27 bits per heavy atom. The molecule has 1 aliphatic rings. The summed E-state index contributed by atoms with van der Waals surface area (Å²) in [5, 5.41) is 0. The van der Waals surface area contributed by atoms with Gasteiger partial charge < -0.3 is 0 Å². The van der Waals surface area contributed by atoms with Gasteiger partial charge >= 0.3 is 0 Å². The molecule has 0 radical (unpaired) electrons. The zero-order chi connectivity index (χ0) is 8.69. The highest BCUT2D eigenvalue weighted by Gasteiger charge is 1.94. The summed E-state index contributed by atoms with van der Waals surface area (Å²) >= 11 is 0. The van der Waals surface area contributed by atoms with E-state index in [0.29, 0.717) is 0 Å². The molecule has 0 unspecified atom stereocenters. The van der Waals surface area contributed by atoms with Crippen LogP contribution in [-0.4, -0.2) is 0 Å². The van der Waals surface area contributed by atoms with Crippen LogP contribution in [0.15, 0.2) is 23.3 Å². The molecule has 0 aromatic rings. The molecule has 0 nitrogen and oxygen atoms in total. The zero-order valence-corrected chi connectivity index (χ0v) is 8.28. The summed E-state index contributed by atoms with van der Waals surface area (Å²) in [6, 6.07) is 0. The van der Waals surface area contributed by atoms with Crippen LogP contribution < -0.4 is 0 Å². The molecule has 0 fully saturated rings. The van der Waals surface area contributed by atoms with E-state index in [1.807, 2.05) is 13.8 Å². The third kappa shape index (κ3) is 4.83. The number of hydrogen-bond acceptors (Lipinski definition) is 0. The summed E-state index contributed by atoms with van der Waals surface area (Å²) in [5.74, 6) is 0. The number of rotatable bonds is 0. The molecule has 0 spiro atoms. The molecule has 1 rings (SSSR count). The van der Waals surface area contributed by atoms with E-state index in [0.717, 1.165) is 0 Å². The fourth-order valence-corrected chi connectivity index (χ4v) is 1.07. The molecule has 11 heavy (non-hydrogen) atoms. The molecule has 0 aromatic carbocycles. The van der Waals surface area contributed by atoms with Gasteiger partial charge in [-0.15, -0.1) is 0 Å². The van der Waals surface area contributed by atoms with Gasteiger partial charge in [-0.2, -0.15) is 0 Å². The average molecular weight is 152 g/mol. The lowest BCUT2D eigenvalue weighted by atomic mass is 10.2. The minimum Gasteiger partial charge on any atom is -0.0850 e. The molecular formula is C11H20. The van der Waals surface area contributed by atoms with Gasteiger partial charge in [0.2, 0.25) is 0 Å². The van der Waals surface area contributed by atoms with Crippen molar-refractivity contribution in [3.8, 4) is 0 Å². The van der Waals surface area contributed by atoms with E-state index in [2.05, 4.69) is 26.0 Å². The maximum atomic E-state index is 2.34. The molecule has 0 bridgehead atoms. The molecule has 0 heteroatoms. The highest BCUT2D eigenvalue weighted by atomic mass is 14.0. The Kier molecular flexibility index (Phi) is 5.91. The van der Waals surface area contributed by atoms with E-state index in [-0.39, 0.29) is 0 Å². The number of hydrogen-bond donors (Lipinski definition) is 0. The van der Waals surface area contributed by atoms with Gasteiger partial charge in [-0.1, -0.05) is 37.1 Å². The van der Waals surface area contributed by atoms with Crippen molar-refractivity contribution in [2.45, 2.75) is 47.0 Å². The Hall–Kier alpha value is -0.520. The highest BCUT2D eigenvalue weighted by molar-refractivity contribution is 5.13. The van der Waals surface area contributed by atoms with Crippen LogP contribution in [0, 0.1) is 0 Å². The monoisotopic (exact) mass is 152 g/mol. The zero-order valence-electron chi connectivity index (χ0n) is 8.28. The second kappa shape index (κ2) is 6.21. The van der Waals surface area contributed by atoms with Crippen molar-refractivity contribution in [1.82, 2.24) is 0 Å². The first kappa shape index (κ1) is 10.5. The lowest BCUT2D eigenvalue weighted by Crippen LogP contribution is -1.70. The van der Waals surface area contributed by atoms with Crippen molar-refractivity contribution < 1.29 is 0 Å². The summed E-state index contributed by atoms with van der Waals surface area (Å²) in [6.45, 7) is 8.42. The standard InChI is InChI=1S/C9H14.C2H6/c1-8-4-3-5-9(2)7-6-8;1-2/h4,7H,3,5-6H2,1-2H3;1-2H3. The normalized spacial score (nSPS) is 17.1.